The second-order valence-corrected chi connectivity index (χ2v) is 6.22. The monoisotopic (exact) mass is 392 g/mol. The molecule has 4 aromatic rings. The topological polar surface area (TPSA) is 89.2 Å². The van der Waals surface area contributed by atoms with Gasteiger partial charge < -0.3 is 4.42 Å². The molecule has 2 aromatic heterocycles. The highest BCUT2D eigenvalue weighted by molar-refractivity contribution is 5.92. The van der Waals surface area contributed by atoms with Crippen LogP contribution in [-0.2, 0) is 6.54 Å². The van der Waals surface area contributed by atoms with E-state index in [1.807, 2.05) is 0 Å². The fourth-order valence-corrected chi connectivity index (χ4v) is 3.00. The van der Waals surface area contributed by atoms with Crippen molar-refractivity contribution in [2.24, 2.45) is 0 Å². The summed E-state index contributed by atoms with van der Waals surface area (Å²) < 4.78 is 20.8. The smallest absolute Gasteiger partial charge is 0.305 e. The lowest BCUT2D eigenvalue weighted by molar-refractivity contribution is 0.0935. The molecule has 29 heavy (non-hydrogen) atoms. The van der Waals surface area contributed by atoms with Crippen LogP contribution in [0.4, 0.5) is 10.3 Å². The van der Waals surface area contributed by atoms with Gasteiger partial charge in [0.05, 0.1) is 16.5 Å². The minimum atomic E-state index is -0.586. The number of benzene rings is 2. The highest BCUT2D eigenvalue weighted by atomic mass is 19.1. The quantitative estimate of drug-likeness (QED) is 0.507. The Hall–Kier alpha value is -3.94. The summed E-state index contributed by atoms with van der Waals surface area (Å²) in [6, 6.07) is 16.1. The Morgan fingerprint density at radius 2 is 1.86 bits per heavy atom. The number of halogens is 1. The van der Waals surface area contributed by atoms with Gasteiger partial charge in [-0.05, 0) is 43.3 Å². The van der Waals surface area contributed by atoms with Gasteiger partial charge in [0.2, 0.25) is 5.95 Å². The lowest BCUT2D eigenvalue weighted by atomic mass is 10.1. The van der Waals surface area contributed by atoms with Crippen molar-refractivity contribution in [3.8, 4) is 11.3 Å². The minimum Gasteiger partial charge on any atom is -0.451 e. The number of hydrazine groups is 1. The summed E-state index contributed by atoms with van der Waals surface area (Å²) in [5, 5.41) is 0.492. The number of hydrogen-bond donors (Lipinski definition) is 2. The number of hydrogen-bond acceptors (Lipinski definition) is 5. The number of fused-ring (bicyclic) bond motifs is 1. The molecular weight excluding hydrogens is 375 g/mol. The second-order valence-electron chi connectivity index (χ2n) is 6.22. The van der Waals surface area contributed by atoms with Crippen molar-refractivity contribution in [2.45, 2.75) is 13.5 Å². The molecule has 0 aliphatic heterocycles. The van der Waals surface area contributed by atoms with Crippen molar-refractivity contribution in [3.05, 3.63) is 82.6 Å². The van der Waals surface area contributed by atoms with Crippen LogP contribution in [0.1, 0.15) is 17.5 Å². The lowest BCUT2D eigenvalue weighted by Crippen LogP contribution is -2.34. The zero-order valence-corrected chi connectivity index (χ0v) is 15.5. The number of anilines is 1. The molecule has 0 spiro atoms. The van der Waals surface area contributed by atoms with Gasteiger partial charge in [-0.15, -0.1) is 0 Å². The molecule has 0 aliphatic rings. The summed E-state index contributed by atoms with van der Waals surface area (Å²) in [6.07, 6.45) is 0. The van der Waals surface area contributed by atoms with Crippen LogP contribution in [0.3, 0.4) is 0 Å². The fraction of sp³-hybridized carbons (Fsp3) is 0.0952. The number of furan rings is 1. The van der Waals surface area contributed by atoms with Crippen molar-refractivity contribution in [1.29, 1.82) is 0 Å². The Bertz CT molecular complexity index is 1260. The number of carbonyl (C=O) groups is 1. The first kappa shape index (κ1) is 18.4. The van der Waals surface area contributed by atoms with Crippen LogP contribution >= 0.6 is 0 Å². The van der Waals surface area contributed by atoms with Crippen LogP contribution in [-0.4, -0.2) is 15.5 Å². The van der Waals surface area contributed by atoms with E-state index in [9.17, 15) is 14.0 Å². The van der Waals surface area contributed by atoms with Gasteiger partial charge in [0.25, 0.3) is 5.56 Å². The number of nitrogens with zero attached hydrogens (tertiary/aromatic N) is 2. The number of nitrogens with one attached hydrogen (secondary N) is 2. The van der Waals surface area contributed by atoms with E-state index in [1.165, 1.54) is 22.8 Å². The van der Waals surface area contributed by atoms with E-state index in [0.717, 1.165) is 0 Å². The van der Waals surface area contributed by atoms with Gasteiger partial charge in [0.1, 0.15) is 11.6 Å². The van der Waals surface area contributed by atoms with E-state index in [1.54, 1.807) is 49.4 Å². The maximum absolute atomic E-state index is 13.9. The SMILES string of the molecule is CCn1c(NNC(=O)c2ccc(-c3ccccc3F)o2)nc2ccccc2c1=O. The molecule has 0 atom stereocenters. The molecule has 0 saturated heterocycles. The second kappa shape index (κ2) is 7.59. The van der Waals surface area contributed by atoms with Crippen molar-refractivity contribution in [2.75, 3.05) is 5.43 Å². The number of rotatable bonds is 5. The van der Waals surface area contributed by atoms with E-state index < -0.39 is 11.7 Å². The predicted octanol–water partition coefficient (Wildman–Crippen LogP) is 3.57. The first-order chi connectivity index (χ1) is 14.1. The Morgan fingerprint density at radius 3 is 2.66 bits per heavy atom. The molecular formula is C21H17FN4O3. The average Bonchev–Trinajstić information content (AvgIpc) is 3.22. The Morgan fingerprint density at radius 1 is 1.10 bits per heavy atom. The zero-order chi connectivity index (χ0) is 20.4. The third-order valence-electron chi connectivity index (χ3n) is 4.43. The highest BCUT2D eigenvalue weighted by Crippen LogP contribution is 2.24. The number of carbonyl (C=O) groups excluding carboxylic acids is 1. The van der Waals surface area contributed by atoms with Gasteiger partial charge in [-0.3, -0.25) is 25.0 Å². The van der Waals surface area contributed by atoms with Crippen molar-refractivity contribution in [3.63, 3.8) is 0 Å². The van der Waals surface area contributed by atoms with Crippen molar-refractivity contribution in [1.82, 2.24) is 15.0 Å². The summed E-state index contributed by atoms with van der Waals surface area (Å²) in [4.78, 5) is 29.4. The predicted molar refractivity (Wildman–Crippen MR) is 107 cm³/mol. The maximum atomic E-state index is 13.9. The molecule has 4 rings (SSSR count). The molecule has 0 unspecified atom stereocenters. The van der Waals surface area contributed by atoms with Crippen LogP contribution in [0, 0.1) is 5.82 Å². The standard InChI is InChI=1S/C21H17FN4O3/c1-2-26-20(28)14-8-4-6-10-16(14)23-21(26)25-24-19(27)18-12-11-17(29-18)13-7-3-5-9-15(13)22/h3-12H,2H2,1H3,(H,23,25)(H,24,27). The number of amides is 1. The Balaban J connectivity index is 1.56. The zero-order valence-electron chi connectivity index (χ0n) is 15.5. The molecule has 0 saturated carbocycles. The van der Waals surface area contributed by atoms with Crippen molar-refractivity contribution < 1.29 is 13.6 Å². The van der Waals surface area contributed by atoms with Gasteiger partial charge in [0.15, 0.2) is 5.76 Å². The summed E-state index contributed by atoms with van der Waals surface area (Å²) >= 11 is 0. The van der Waals surface area contributed by atoms with Crippen LogP contribution in [0.25, 0.3) is 22.2 Å². The largest absolute Gasteiger partial charge is 0.451 e. The molecule has 0 fully saturated rings. The van der Waals surface area contributed by atoms with E-state index in [2.05, 4.69) is 15.8 Å². The molecule has 0 radical (unpaired) electrons. The molecule has 0 bridgehead atoms. The normalized spacial score (nSPS) is 10.8. The molecule has 146 valence electrons. The third-order valence-corrected chi connectivity index (χ3v) is 4.43. The first-order valence-electron chi connectivity index (χ1n) is 8.99. The Labute approximate surface area is 164 Å². The Kier molecular flexibility index (Phi) is 4.82. The van der Waals surface area contributed by atoms with Crippen molar-refractivity contribution >= 4 is 22.8 Å². The summed E-state index contributed by atoms with van der Waals surface area (Å²) in [7, 11) is 0. The van der Waals surface area contributed by atoms with Gasteiger partial charge in [0, 0.05) is 6.54 Å². The van der Waals surface area contributed by atoms with Crippen LogP contribution in [0.5, 0.6) is 0 Å². The van der Waals surface area contributed by atoms with Crippen LogP contribution in [0.15, 0.2) is 69.9 Å². The number of para-hydroxylation sites is 1. The molecule has 8 heteroatoms. The molecule has 2 heterocycles. The highest BCUT2D eigenvalue weighted by Gasteiger charge is 2.15. The lowest BCUT2D eigenvalue weighted by Gasteiger charge is -2.13. The molecule has 2 N–H and O–H groups in total. The fourth-order valence-electron chi connectivity index (χ4n) is 3.00. The van der Waals surface area contributed by atoms with E-state index in [4.69, 9.17) is 4.42 Å². The van der Waals surface area contributed by atoms with E-state index in [-0.39, 0.29) is 28.6 Å². The van der Waals surface area contributed by atoms with Crippen LogP contribution in [0.2, 0.25) is 0 Å². The third kappa shape index (κ3) is 3.47. The average molecular weight is 392 g/mol. The minimum absolute atomic E-state index is 0.0121. The van der Waals surface area contributed by atoms with E-state index in [0.29, 0.717) is 17.4 Å². The maximum Gasteiger partial charge on any atom is 0.305 e. The summed E-state index contributed by atoms with van der Waals surface area (Å²) in [5.74, 6) is -0.605. The molecule has 0 aliphatic carbocycles. The number of aromatic nitrogens is 2. The first-order valence-corrected chi connectivity index (χ1v) is 8.99. The summed E-state index contributed by atoms with van der Waals surface area (Å²) in [5.41, 5.74) is 5.70. The van der Waals surface area contributed by atoms with Gasteiger partial charge in [-0.2, -0.15) is 0 Å². The molecule has 2 aromatic carbocycles. The van der Waals surface area contributed by atoms with Gasteiger partial charge in [-0.25, -0.2) is 9.37 Å². The van der Waals surface area contributed by atoms with E-state index >= 15 is 0 Å². The van der Waals surface area contributed by atoms with Gasteiger partial charge >= 0.3 is 5.91 Å². The summed E-state index contributed by atoms with van der Waals surface area (Å²) in [6.45, 7) is 2.17. The van der Waals surface area contributed by atoms with Gasteiger partial charge in [-0.1, -0.05) is 24.3 Å². The van der Waals surface area contributed by atoms with Crippen LogP contribution < -0.4 is 16.4 Å². The molecule has 1 amide bonds. The molecule has 7 nitrogen and oxygen atoms in total.